The minimum atomic E-state index is -0.819. The number of hydrogen-bond acceptors (Lipinski definition) is 4. The monoisotopic (exact) mass is 256 g/mol. The molecule has 18 heavy (non-hydrogen) atoms. The van der Waals surface area contributed by atoms with Gasteiger partial charge in [-0.1, -0.05) is 0 Å². The van der Waals surface area contributed by atoms with Crippen LogP contribution >= 0.6 is 0 Å². The lowest BCUT2D eigenvalue weighted by atomic mass is 10.0. The molecule has 0 spiro atoms. The average molecular weight is 256 g/mol. The molecule has 2 aliphatic rings. The second-order valence-corrected chi connectivity index (χ2v) is 5.14. The van der Waals surface area contributed by atoms with E-state index in [1.165, 1.54) is 0 Å². The van der Waals surface area contributed by atoms with Gasteiger partial charge in [0.1, 0.15) is 5.60 Å². The van der Waals surface area contributed by atoms with Crippen molar-refractivity contribution in [1.29, 1.82) is 0 Å². The van der Waals surface area contributed by atoms with Crippen molar-refractivity contribution in [2.24, 2.45) is 0 Å². The van der Waals surface area contributed by atoms with Crippen molar-refractivity contribution < 1.29 is 19.4 Å². The number of nitrogens with zero attached hydrogens (tertiary/aromatic N) is 2. The van der Waals surface area contributed by atoms with Crippen LogP contribution in [0.2, 0.25) is 0 Å². The predicted molar refractivity (Wildman–Crippen MR) is 64.2 cm³/mol. The van der Waals surface area contributed by atoms with Crippen LogP contribution in [0.1, 0.15) is 19.8 Å². The van der Waals surface area contributed by atoms with Crippen LogP contribution < -0.4 is 0 Å². The quantitative estimate of drug-likeness (QED) is 0.756. The van der Waals surface area contributed by atoms with Gasteiger partial charge in [0.25, 0.3) is 5.91 Å². The summed E-state index contributed by atoms with van der Waals surface area (Å²) in [5, 5.41) is 8.71. The second kappa shape index (κ2) is 5.24. The van der Waals surface area contributed by atoms with E-state index in [0.717, 1.165) is 12.8 Å². The molecule has 0 radical (unpaired) electrons. The number of hydrogen-bond donors (Lipinski definition) is 1. The third-order valence-electron chi connectivity index (χ3n) is 3.69. The second-order valence-electron chi connectivity index (χ2n) is 5.14. The fraction of sp³-hybridized carbons (Fsp3) is 0.833. The molecule has 2 aliphatic heterocycles. The van der Waals surface area contributed by atoms with Gasteiger partial charge in [-0.25, -0.2) is 0 Å². The van der Waals surface area contributed by atoms with Crippen LogP contribution in [-0.2, 0) is 14.3 Å². The molecule has 0 aromatic rings. The van der Waals surface area contributed by atoms with Crippen molar-refractivity contribution in [3.63, 3.8) is 0 Å². The molecular weight excluding hydrogens is 236 g/mol. The van der Waals surface area contributed by atoms with Crippen LogP contribution in [0.25, 0.3) is 0 Å². The fourth-order valence-corrected chi connectivity index (χ4v) is 2.58. The Morgan fingerprint density at radius 1 is 1.28 bits per heavy atom. The Labute approximate surface area is 106 Å². The Balaban J connectivity index is 1.86. The molecule has 0 bridgehead atoms. The maximum atomic E-state index is 12.3. The molecular formula is C12H20N2O4. The first-order valence-corrected chi connectivity index (χ1v) is 6.39. The molecule has 0 aromatic carbocycles. The van der Waals surface area contributed by atoms with Gasteiger partial charge in [-0.15, -0.1) is 0 Å². The Hall–Kier alpha value is -1.14. The fourth-order valence-electron chi connectivity index (χ4n) is 2.58. The number of carboxylic acids is 1. The van der Waals surface area contributed by atoms with Crippen molar-refractivity contribution >= 4 is 11.9 Å². The highest BCUT2D eigenvalue weighted by atomic mass is 16.5. The highest BCUT2D eigenvalue weighted by molar-refractivity contribution is 5.85. The van der Waals surface area contributed by atoms with E-state index in [-0.39, 0.29) is 12.5 Å². The van der Waals surface area contributed by atoms with Gasteiger partial charge in [0, 0.05) is 32.8 Å². The van der Waals surface area contributed by atoms with Crippen molar-refractivity contribution in [3.05, 3.63) is 0 Å². The van der Waals surface area contributed by atoms with Gasteiger partial charge in [0.2, 0.25) is 0 Å². The zero-order valence-corrected chi connectivity index (χ0v) is 10.7. The third-order valence-corrected chi connectivity index (χ3v) is 3.69. The average Bonchev–Trinajstić information content (AvgIpc) is 2.77. The largest absolute Gasteiger partial charge is 0.480 e. The SMILES string of the molecule is CC1(C(=O)N2CCN(CC(=O)O)CC2)CCCO1. The summed E-state index contributed by atoms with van der Waals surface area (Å²) in [5.41, 5.74) is -0.658. The zero-order chi connectivity index (χ0) is 13.2. The topological polar surface area (TPSA) is 70.1 Å². The summed E-state index contributed by atoms with van der Waals surface area (Å²) in [5.74, 6) is -0.768. The Kier molecular flexibility index (Phi) is 3.87. The lowest BCUT2D eigenvalue weighted by molar-refractivity contribution is -0.153. The highest BCUT2D eigenvalue weighted by Crippen LogP contribution is 2.27. The van der Waals surface area contributed by atoms with Crippen LogP contribution in [-0.4, -0.2) is 71.7 Å². The van der Waals surface area contributed by atoms with E-state index >= 15 is 0 Å². The molecule has 6 heteroatoms. The van der Waals surface area contributed by atoms with E-state index < -0.39 is 11.6 Å². The van der Waals surface area contributed by atoms with Crippen LogP contribution in [0.3, 0.4) is 0 Å². The zero-order valence-electron chi connectivity index (χ0n) is 10.7. The van der Waals surface area contributed by atoms with E-state index in [4.69, 9.17) is 9.84 Å². The van der Waals surface area contributed by atoms with Gasteiger partial charge < -0.3 is 14.7 Å². The highest BCUT2D eigenvalue weighted by Gasteiger charge is 2.41. The molecule has 2 fully saturated rings. The summed E-state index contributed by atoms with van der Waals surface area (Å²) in [6.07, 6.45) is 1.71. The van der Waals surface area contributed by atoms with E-state index in [1.807, 2.05) is 11.8 Å². The van der Waals surface area contributed by atoms with E-state index in [0.29, 0.717) is 32.8 Å². The molecule has 0 saturated carbocycles. The number of ether oxygens (including phenoxy) is 1. The van der Waals surface area contributed by atoms with Crippen molar-refractivity contribution in [2.45, 2.75) is 25.4 Å². The van der Waals surface area contributed by atoms with Gasteiger partial charge in [0.15, 0.2) is 0 Å². The molecule has 1 atom stereocenters. The van der Waals surface area contributed by atoms with E-state index in [1.54, 1.807) is 4.90 Å². The van der Waals surface area contributed by atoms with E-state index in [2.05, 4.69) is 0 Å². The molecule has 2 rings (SSSR count). The minimum Gasteiger partial charge on any atom is -0.480 e. The summed E-state index contributed by atoms with van der Waals surface area (Å²) in [7, 11) is 0. The number of carbonyl (C=O) groups excluding carboxylic acids is 1. The molecule has 1 N–H and O–H groups in total. The van der Waals surface area contributed by atoms with Crippen LogP contribution in [0.15, 0.2) is 0 Å². The first-order chi connectivity index (χ1) is 8.51. The molecule has 6 nitrogen and oxygen atoms in total. The lowest BCUT2D eigenvalue weighted by Gasteiger charge is -2.37. The molecule has 1 unspecified atom stereocenters. The van der Waals surface area contributed by atoms with Crippen LogP contribution in [0.4, 0.5) is 0 Å². The van der Waals surface area contributed by atoms with Gasteiger partial charge in [-0.05, 0) is 19.8 Å². The van der Waals surface area contributed by atoms with Crippen molar-refractivity contribution in [2.75, 3.05) is 39.3 Å². The number of aliphatic carboxylic acids is 1. The summed E-state index contributed by atoms with van der Waals surface area (Å²) in [6, 6.07) is 0. The maximum Gasteiger partial charge on any atom is 0.317 e. The summed E-state index contributed by atoms with van der Waals surface area (Å²) < 4.78 is 5.55. The number of piperazine rings is 1. The minimum absolute atomic E-state index is 0.0509. The van der Waals surface area contributed by atoms with E-state index in [9.17, 15) is 9.59 Å². The number of carboxylic acid groups (broad SMARTS) is 1. The molecule has 2 heterocycles. The maximum absolute atomic E-state index is 12.3. The Bertz CT molecular complexity index is 331. The molecule has 1 amide bonds. The summed E-state index contributed by atoms with van der Waals surface area (Å²) >= 11 is 0. The third kappa shape index (κ3) is 2.81. The Morgan fingerprint density at radius 2 is 1.94 bits per heavy atom. The molecule has 0 aromatic heterocycles. The van der Waals surface area contributed by atoms with Crippen molar-refractivity contribution in [1.82, 2.24) is 9.80 Å². The van der Waals surface area contributed by atoms with Gasteiger partial charge >= 0.3 is 5.97 Å². The Morgan fingerprint density at radius 3 is 2.44 bits per heavy atom. The summed E-state index contributed by atoms with van der Waals surface area (Å²) in [4.78, 5) is 26.6. The smallest absolute Gasteiger partial charge is 0.317 e. The molecule has 102 valence electrons. The molecule has 2 saturated heterocycles. The predicted octanol–water partition coefficient (Wildman–Crippen LogP) is -0.216. The first kappa shape index (κ1) is 13.3. The van der Waals surface area contributed by atoms with Gasteiger partial charge in [-0.3, -0.25) is 14.5 Å². The normalized spacial score (nSPS) is 29.5. The first-order valence-electron chi connectivity index (χ1n) is 6.39. The molecule has 0 aliphatic carbocycles. The number of rotatable bonds is 3. The van der Waals surface area contributed by atoms with Crippen molar-refractivity contribution in [3.8, 4) is 0 Å². The van der Waals surface area contributed by atoms with Gasteiger partial charge in [0.05, 0.1) is 6.54 Å². The van der Waals surface area contributed by atoms with Crippen LogP contribution in [0.5, 0.6) is 0 Å². The standard InChI is InChI=1S/C12H20N2O4/c1-12(3-2-8-18-12)11(17)14-6-4-13(5-7-14)9-10(15)16/h2-9H2,1H3,(H,15,16). The van der Waals surface area contributed by atoms with Gasteiger partial charge in [-0.2, -0.15) is 0 Å². The number of amides is 1. The summed E-state index contributed by atoms with van der Waals surface area (Å²) in [6.45, 7) is 4.97. The lowest BCUT2D eigenvalue weighted by Crippen LogP contribution is -2.55. The van der Waals surface area contributed by atoms with Crippen LogP contribution in [0, 0.1) is 0 Å². The number of carbonyl (C=O) groups is 2.